The predicted molar refractivity (Wildman–Crippen MR) is 43.2 cm³/mol. The molecule has 72 valence electrons. The summed E-state index contributed by atoms with van der Waals surface area (Å²) in [5.74, 6) is -0.434. The molecule has 0 fully saturated rings. The van der Waals surface area contributed by atoms with E-state index >= 15 is 0 Å². The van der Waals surface area contributed by atoms with Gasteiger partial charge in [-0.05, 0) is 6.92 Å². The zero-order valence-electron chi connectivity index (χ0n) is 7.57. The van der Waals surface area contributed by atoms with Gasteiger partial charge in [0, 0.05) is 7.11 Å². The first kappa shape index (κ1) is 9.73. The van der Waals surface area contributed by atoms with Crippen LogP contribution >= 0.6 is 0 Å². The van der Waals surface area contributed by atoms with Crippen LogP contribution in [0.15, 0.2) is 10.8 Å². The first-order valence-corrected chi connectivity index (χ1v) is 3.89. The topological polar surface area (TPSA) is 61.6 Å². The number of hydrogen-bond acceptors (Lipinski definition) is 5. The van der Waals surface area contributed by atoms with Gasteiger partial charge in [-0.15, -0.1) is 0 Å². The molecule has 0 N–H and O–H groups in total. The van der Waals surface area contributed by atoms with Crippen molar-refractivity contribution in [1.29, 1.82) is 0 Å². The third kappa shape index (κ3) is 2.29. The van der Waals surface area contributed by atoms with E-state index in [1.165, 1.54) is 13.4 Å². The number of methoxy groups -OCH3 is 1. The monoisotopic (exact) mass is 185 g/mol. The molecule has 0 radical (unpaired) electrons. The Morgan fingerprint density at radius 2 is 2.46 bits per heavy atom. The summed E-state index contributed by atoms with van der Waals surface area (Å²) in [5, 5.41) is 3.61. The summed E-state index contributed by atoms with van der Waals surface area (Å²) in [6, 6.07) is 0. The Morgan fingerprint density at radius 3 is 3.08 bits per heavy atom. The van der Waals surface area contributed by atoms with Crippen LogP contribution in [0.2, 0.25) is 0 Å². The molecule has 0 aliphatic heterocycles. The fraction of sp³-hybridized carbons (Fsp3) is 0.500. The van der Waals surface area contributed by atoms with E-state index in [0.717, 1.165) is 0 Å². The van der Waals surface area contributed by atoms with E-state index in [9.17, 15) is 4.79 Å². The lowest BCUT2D eigenvalue weighted by molar-refractivity contribution is 0.0521. The number of nitrogens with zero attached hydrogens (tertiary/aromatic N) is 1. The van der Waals surface area contributed by atoms with Gasteiger partial charge < -0.3 is 14.0 Å². The molecule has 0 atom stereocenters. The van der Waals surface area contributed by atoms with Gasteiger partial charge in [0.25, 0.3) is 0 Å². The van der Waals surface area contributed by atoms with Crippen LogP contribution in [-0.4, -0.2) is 24.8 Å². The van der Waals surface area contributed by atoms with E-state index < -0.39 is 5.97 Å². The molecular formula is C8H11NO4. The van der Waals surface area contributed by atoms with E-state index in [1.807, 2.05) is 0 Å². The van der Waals surface area contributed by atoms with Crippen LogP contribution in [0.3, 0.4) is 0 Å². The molecule has 13 heavy (non-hydrogen) atoms. The molecule has 5 heteroatoms. The highest BCUT2D eigenvalue weighted by Gasteiger charge is 2.16. The highest BCUT2D eigenvalue weighted by Crippen LogP contribution is 2.09. The number of carbonyl (C=O) groups is 1. The minimum Gasteiger partial charge on any atom is -0.462 e. The molecule has 0 saturated heterocycles. The second kappa shape index (κ2) is 4.61. The van der Waals surface area contributed by atoms with E-state index in [-0.39, 0.29) is 6.61 Å². The Hall–Kier alpha value is -1.36. The average molecular weight is 185 g/mol. The van der Waals surface area contributed by atoms with Crippen LogP contribution in [0, 0.1) is 0 Å². The maximum Gasteiger partial charge on any atom is 0.343 e. The molecule has 0 unspecified atom stereocenters. The second-order valence-corrected chi connectivity index (χ2v) is 2.33. The minimum absolute atomic E-state index is 0.241. The molecule has 0 spiro atoms. The lowest BCUT2D eigenvalue weighted by atomic mass is 10.2. The number of hydrogen-bond donors (Lipinski definition) is 0. The number of esters is 1. The smallest absolute Gasteiger partial charge is 0.343 e. The summed E-state index contributed by atoms with van der Waals surface area (Å²) in [5.41, 5.74) is 0.782. The predicted octanol–water partition coefficient (Wildman–Crippen LogP) is 0.998. The second-order valence-electron chi connectivity index (χ2n) is 2.33. The van der Waals surface area contributed by atoms with Crippen LogP contribution in [0.25, 0.3) is 0 Å². The molecule has 0 saturated carbocycles. The molecule has 1 heterocycles. The van der Waals surface area contributed by atoms with Crippen molar-refractivity contribution in [3.05, 3.63) is 17.5 Å². The molecule has 1 aromatic heterocycles. The van der Waals surface area contributed by atoms with E-state index in [4.69, 9.17) is 9.47 Å². The van der Waals surface area contributed by atoms with Crippen LogP contribution in [0.5, 0.6) is 0 Å². The van der Waals surface area contributed by atoms with Crippen molar-refractivity contribution in [3.8, 4) is 0 Å². The lowest BCUT2D eigenvalue weighted by Gasteiger charge is -1.99. The number of rotatable bonds is 4. The van der Waals surface area contributed by atoms with Crippen molar-refractivity contribution >= 4 is 5.97 Å². The average Bonchev–Trinajstić information content (AvgIpc) is 2.54. The van der Waals surface area contributed by atoms with Gasteiger partial charge in [0.05, 0.1) is 13.2 Å². The summed E-state index contributed by atoms with van der Waals surface area (Å²) in [7, 11) is 1.52. The van der Waals surface area contributed by atoms with Gasteiger partial charge in [-0.1, -0.05) is 5.16 Å². The number of carbonyl (C=O) groups excluding carboxylic acids is 1. The maximum absolute atomic E-state index is 11.2. The summed E-state index contributed by atoms with van der Waals surface area (Å²) in [4.78, 5) is 11.2. The van der Waals surface area contributed by atoms with Gasteiger partial charge in [0.15, 0.2) is 0 Å². The fourth-order valence-electron chi connectivity index (χ4n) is 0.875. The van der Waals surface area contributed by atoms with Crippen molar-refractivity contribution in [2.24, 2.45) is 0 Å². The summed E-state index contributed by atoms with van der Waals surface area (Å²) in [6.45, 7) is 2.31. The SMILES string of the molecule is CCOC(=O)c1conc1COC. The highest BCUT2D eigenvalue weighted by atomic mass is 16.5. The van der Waals surface area contributed by atoms with Gasteiger partial charge in [-0.25, -0.2) is 4.79 Å². The number of aromatic nitrogens is 1. The van der Waals surface area contributed by atoms with Crippen LogP contribution in [-0.2, 0) is 16.1 Å². The zero-order chi connectivity index (χ0) is 9.68. The largest absolute Gasteiger partial charge is 0.462 e. The lowest BCUT2D eigenvalue weighted by Crippen LogP contribution is -2.07. The van der Waals surface area contributed by atoms with Crippen molar-refractivity contribution in [2.75, 3.05) is 13.7 Å². The highest BCUT2D eigenvalue weighted by molar-refractivity contribution is 5.90. The van der Waals surface area contributed by atoms with Crippen molar-refractivity contribution in [2.45, 2.75) is 13.5 Å². The van der Waals surface area contributed by atoms with E-state index in [1.54, 1.807) is 6.92 Å². The molecule has 5 nitrogen and oxygen atoms in total. The first-order valence-electron chi connectivity index (χ1n) is 3.89. The van der Waals surface area contributed by atoms with E-state index in [0.29, 0.717) is 17.9 Å². The van der Waals surface area contributed by atoms with Crippen LogP contribution in [0.4, 0.5) is 0 Å². The Morgan fingerprint density at radius 1 is 1.69 bits per heavy atom. The zero-order valence-corrected chi connectivity index (χ0v) is 7.57. The Balaban J connectivity index is 2.74. The Bertz CT molecular complexity index is 281. The van der Waals surface area contributed by atoms with Gasteiger partial charge >= 0.3 is 5.97 Å². The first-order chi connectivity index (χ1) is 6.29. The molecule has 1 rings (SSSR count). The van der Waals surface area contributed by atoms with Crippen LogP contribution < -0.4 is 0 Å². The molecule has 0 bridgehead atoms. The third-order valence-electron chi connectivity index (χ3n) is 1.42. The molecule has 0 aromatic carbocycles. The molecule has 0 aliphatic rings. The summed E-state index contributed by atoms with van der Waals surface area (Å²) in [6.07, 6.45) is 1.26. The van der Waals surface area contributed by atoms with E-state index in [2.05, 4.69) is 9.68 Å². The maximum atomic E-state index is 11.2. The van der Waals surface area contributed by atoms with Crippen molar-refractivity contribution in [1.82, 2.24) is 5.16 Å². The van der Waals surface area contributed by atoms with Crippen molar-refractivity contribution < 1.29 is 18.8 Å². The number of ether oxygens (including phenoxy) is 2. The molecule has 0 amide bonds. The van der Waals surface area contributed by atoms with Gasteiger partial charge in [-0.2, -0.15) is 0 Å². The Kier molecular flexibility index (Phi) is 3.45. The standard InChI is InChI=1S/C8H11NO4/c1-3-12-8(10)6-4-13-9-7(6)5-11-2/h4H,3,5H2,1-2H3. The normalized spacial score (nSPS) is 10.0. The molecular weight excluding hydrogens is 174 g/mol. The summed E-state index contributed by atoms with van der Waals surface area (Å²) >= 11 is 0. The quantitative estimate of drug-likeness (QED) is 0.655. The fourth-order valence-corrected chi connectivity index (χ4v) is 0.875. The minimum atomic E-state index is -0.434. The molecule has 0 aliphatic carbocycles. The summed E-state index contributed by atoms with van der Waals surface area (Å²) < 4.78 is 14.2. The van der Waals surface area contributed by atoms with Crippen LogP contribution in [0.1, 0.15) is 23.0 Å². The van der Waals surface area contributed by atoms with Gasteiger partial charge in [0.2, 0.25) is 0 Å². The van der Waals surface area contributed by atoms with Gasteiger partial charge in [0.1, 0.15) is 17.5 Å². The van der Waals surface area contributed by atoms with Crippen molar-refractivity contribution in [3.63, 3.8) is 0 Å². The third-order valence-corrected chi connectivity index (χ3v) is 1.42. The van der Waals surface area contributed by atoms with Gasteiger partial charge in [-0.3, -0.25) is 0 Å². The Labute approximate surface area is 75.6 Å². The molecule has 1 aromatic rings.